The zero-order chi connectivity index (χ0) is 17.7. The molecule has 0 aliphatic heterocycles. The third-order valence-electron chi connectivity index (χ3n) is 3.91. The molecule has 1 amide bonds. The average Bonchev–Trinajstić information content (AvgIpc) is 2.57. The summed E-state index contributed by atoms with van der Waals surface area (Å²) in [5, 5.41) is 3.08. The predicted molar refractivity (Wildman–Crippen MR) is 97.1 cm³/mol. The standard InChI is InChI=1S/C19H22ClNO3/c1-5-14-9-13(3)17(10-12(14)2)24-11-15-7-6-8-16(20)18(15)21-19(22)23-4/h6-10H,5,11H2,1-4H3,(H,21,22). The highest BCUT2D eigenvalue weighted by Crippen LogP contribution is 2.29. The van der Waals surface area contributed by atoms with Crippen LogP contribution >= 0.6 is 11.6 Å². The van der Waals surface area contributed by atoms with Gasteiger partial charge in [0, 0.05) is 5.56 Å². The zero-order valence-electron chi connectivity index (χ0n) is 14.4. The molecular weight excluding hydrogens is 326 g/mol. The Labute approximate surface area is 147 Å². The molecule has 0 aliphatic rings. The van der Waals surface area contributed by atoms with Gasteiger partial charge in [0.25, 0.3) is 0 Å². The molecule has 0 bridgehead atoms. The number of amides is 1. The zero-order valence-corrected chi connectivity index (χ0v) is 15.2. The molecule has 1 N–H and O–H groups in total. The normalized spacial score (nSPS) is 10.4. The van der Waals surface area contributed by atoms with E-state index in [1.807, 2.05) is 25.1 Å². The van der Waals surface area contributed by atoms with Crippen LogP contribution in [0, 0.1) is 13.8 Å². The summed E-state index contributed by atoms with van der Waals surface area (Å²) in [4.78, 5) is 11.5. The predicted octanol–water partition coefficient (Wildman–Crippen LogP) is 5.28. The lowest BCUT2D eigenvalue weighted by Crippen LogP contribution is -2.13. The molecule has 0 saturated heterocycles. The number of para-hydroxylation sites is 1. The van der Waals surface area contributed by atoms with Crippen molar-refractivity contribution in [2.75, 3.05) is 12.4 Å². The van der Waals surface area contributed by atoms with E-state index in [-0.39, 0.29) is 0 Å². The van der Waals surface area contributed by atoms with Gasteiger partial charge in [0.1, 0.15) is 12.4 Å². The molecule has 0 aromatic heterocycles. The fraction of sp³-hybridized carbons (Fsp3) is 0.316. The maximum Gasteiger partial charge on any atom is 0.411 e. The van der Waals surface area contributed by atoms with Crippen molar-refractivity contribution in [3.63, 3.8) is 0 Å². The van der Waals surface area contributed by atoms with Crippen LogP contribution in [-0.2, 0) is 17.8 Å². The van der Waals surface area contributed by atoms with Crippen LogP contribution in [0.3, 0.4) is 0 Å². The van der Waals surface area contributed by atoms with E-state index >= 15 is 0 Å². The van der Waals surface area contributed by atoms with E-state index in [1.54, 1.807) is 6.07 Å². The molecular formula is C19H22ClNO3. The molecule has 0 heterocycles. The van der Waals surface area contributed by atoms with E-state index < -0.39 is 6.09 Å². The number of carbonyl (C=O) groups is 1. The Kier molecular flexibility index (Phi) is 6.10. The number of nitrogens with one attached hydrogen (secondary N) is 1. The third kappa shape index (κ3) is 4.20. The SMILES string of the molecule is CCc1cc(C)c(OCc2cccc(Cl)c2NC(=O)OC)cc1C. The molecule has 0 atom stereocenters. The van der Waals surface area contributed by atoms with Crippen LogP contribution in [0.5, 0.6) is 5.75 Å². The molecule has 5 heteroatoms. The summed E-state index contributed by atoms with van der Waals surface area (Å²) < 4.78 is 10.6. The van der Waals surface area contributed by atoms with Crippen molar-refractivity contribution in [3.8, 4) is 5.75 Å². The van der Waals surface area contributed by atoms with Crippen molar-refractivity contribution in [1.29, 1.82) is 0 Å². The molecule has 128 valence electrons. The highest BCUT2D eigenvalue weighted by atomic mass is 35.5. The lowest BCUT2D eigenvalue weighted by Gasteiger charge is -2.15. The summed E-state index contributed by atoms with van der Waals surface area (Å²) in [6.45, 7) is 6.54. The second-order valence-corrected chi connectivity index (χ2v) is 5.98. The van der Waals surface area contributed by atoms with Gasteiger partial charge in [-0.3, -0.25) is 5.32 Å². The number of carbonyl (C=O) groups excluding carboxylic acids is 1. The molecule has 0 unspecified atom stereocenters. The van der Waals surface area contributed by atoms with Crippen LogP contribution in [-0.4, -0.2) is 13.2 Å². The molecule has 2 rings (SSSR count). The van der Waals surface area contributed by atoms with Crippen LogP contribution in [0.4, 0.5) is 10.5 Å². The molecule has 0 aliphatic carbocycles. The first-order valence-corrected chi connectivity index (χ1v) is 8.19. The van der Waals surface area contributed by atoms with Crippen LogP contribution in [0.15, 0.2) is 30.3 Å². The number of anilines is 1. The fourth-order valence-electron chi connectivity index (χ4n) is 2.52. The minimum Gasteiger partial charge on any atom is -0.489 e. The van der Waals surface area contributed by atoms with E-state index in [1.165, 1.54) is 18.2 Å². The summed E-state index contributed by atoms with van der Waals surface area (Å²) in [6.07, 6.45) is 0.428. The van der Waals surface area contributed by atoms with Crippen molar-refractivity contribution in [2.24, 2.45) is 0 Å². The van der Waals surface area contributed by atoms with Gasteiger partial charge in [0.05, 0.1) is 17.8 Å². The molecule has 0 radical (unpaired) electrons. The van der Waals surface area contributed by atoms with Gasteiger partial charge >= 0.3 is 6.09 Å². The maximum absolute atomic E-state index is 11.5. The Bertz CT molecular complexity index is 744. The van der Waals surface area contributed by atoms with E-state index in [4.69, 9.17) is 16.3 Å². The Morgan fingerprint density at radius 3 is 2.58 bits per heavy atom. The topological polar surface area (TPSA) is 47.6 Å². The number of ether oxygens (including phenoxy) is 2. The summed E-state index contributed by atoms with van der Waals surface area (Å²) >= 11 is 6.18. The summed E-state index contributed by atoms with van der Waals surface area (Å²) in [5.74, 6) is 0.827. The highest BCUT2D eigenvalue weighted by Gasteiger charge is 2.12. The first kappa shape index (κ1) is 18.1. The molecule has 0 fully saturated rings. The Hall–Kier alpha value is -2.20. The van der Waals surface area contributed by atoms with E-state index in [0.717, 1.165) is 23.3 Å². The minimum atomic E-state index is -0.566. The summed E-state index contributed by atoms with van der Waals surface area (Å²) in [7, 11) is 1.31. The second-order valence-electron chi connectivity index (χ2n) is 5.58. The summed E-state index contributed by atoms with van der Waals surface area (Å²) in [6, 6.07) is 9.59. The van der Waals surface area contributed by atoms with E-state index in [0.29, 0.717) is 17.3 Å². The minimum absolute atomic E-state index is 0.297. The molecule has 0 saturated carbocycles. The molecule has 2 aromatic carbocycles. The second kappa shape index (κ2) is 8.06. The quantitative estimate of drug-likeness (QED) is 0.800. The molecule has 4 nitrogen and oxygen atoms in total. The average molecular weight is 348 g/mol. The van der Waals surface area contributed by atoms with Crippen LogP contribution < -0.4 is 10.1 Å². The van der Waals surface area contributed by atoms with E-state index in [9.17, 15) is 4.79 Å². The van der Waals surface area contributed by atoms with Gasteiger partial charge in [-0.05, 0) is 49.1 Å². The van der Waals surface area contributed by atoms with Gasteiger partial charge in [-0.1, -0.05) is 36.7 Å². The third-order valence-corrected chi connectivity index (χ3v) is 4.22. The van der Waals surface area contributed by atoms with Gasteiger partial charge in [0.2, 0.25) is 0 Å². The monoisotopic (exact) mass is 347 g/mol. The Morgan fingerprint density at radius 1 is 1.17 bits per heavy atom. The fourth-order valence-corrected chi connectivity index (χ4v) is 2.76. The number of benzene rings is 2. The first-order valence-electron chi connectivity index (χ1n) is 7.81. The number of methoxy groups -OCH3 is 1. The maximum atomic E-state index is 11.5. The highest BCUT2D eigenvalue weighted by molar-refractivity contribution is 6.33. The van der Waals surface area contributed by atoms with Crippen LogP contribution in [0.25, 0.3) is 0 Å². The molecule has 0 spiro atoms. The van der Waals surface area contributed by atoms with Gasteiger partial charge in [-0.15, -0.1) is 0 Å². The molecule has 2 aromatic rings. The smallest absolute Gasteiger partial charge is 0.411 e. The largest absolute Gasteiger partial charge is 0.489 e. The number of hydrogen-bond acceptors (Lipinski definition) is 3. The first-order chi connectivity index (χ1) is 11.5. The number of hydrogen-bond donors (Lipinski definition) is 1. The van der Waals surface area contributed by atoms with Gasteiger partial charge < -0.3 is 9.47 Å². The van der Waals surface area contributed by atoms with Crippen molar-refractivity contribution in [3.05, 3.63) is 57.6 Å². The van der Waals surface area contributed by atoms with Crippen molar-refractivity contribution in [2.45, 2.75) is 33.8 Å². The Morgan fingerprint density at radius 2 is 1.92 bits per heavy atom. The van der Waals surface area contributed by atoms with Crippen molar-refractivity contribution >= 4 is 23.4 Å². The van der Waals surface area contributed by atoms with Crippen molar-refractivity contribution in [1.82, 2.24) is 0 Å². The number of rotatable bonds is 5. The van der Waals surface area contributed by atoms with Gasteiger partial charge in [-0.25, -0.2) is 4.79 Å². The van der Waals surface area contributed by atoms with Gasteiger partial charge in [-0.2, -0.15) is 0 Å². The Balaban J connectivity index is 2.22. The summed E-state index contributed by atoms with van der Waals surface area (Å²) in [5.41, 5.74) is 4.89. The van der Waals surface area contributed by atoms with Crippen LogP contribution in [0.2, 0.25) is 5.02 Å². The van der Waals surface area contributed by atoms with Crippen molar-refractivity contribution < 1.29 is 14.3 Å². The van der Waals surface area contributed by atoms with E-state index in [2.05, 4.69) is 30.0 Å². The lowest BCUT2D eigenvalue weighted by molar-refractivity contribution is 0.187. The van der Waals surface area contributed by atoms with Crippen LogP contribution in [0.1, 0.15) is 29.2 Å². The number of halogens is 1. The molecule has 24 heavy (non-hydrogen) atoms. The lowest BCUT2D eigenvalue weighted by atomic mass is 10.0. The van der Waals surface area contributed by atoms with Gasteiger partial charge in [0.15, 0.2) is 0 Å². The number of aryl methyl sites for hydroxylation is 3.